The molecule has 29 heavy (non-hydrogen) atoms. The van der Waals surface area contributed by atoms with E-state index in [4.69, 9.17) is 16.6 Å². The first-order valence-corrected chi connectivity index (χ1v) is 10.2. The number of nitrogens with one attached hydrogen (secondary N) is 2. The molecule has 164 valence electrons. The molecule has 1 aliphatic heterocycles. The summed E-state index contributed by atoms with van der Waals surface area (Å²) < 4.78 is 37.6. The molecule has 1 saturated heterocycles. The highest BCUT2D eigenvalue weighted by Gasteiger charge is 2.44. The summed E-state index contributed by atoms with van der Waals surface area (Å²) >= 11 is 6.13. The van der Waals surface area contributed by atoms with E-state index in [2.05, 4.69) is 16.7 Å². The molecular weight excluding hydrogens is 516 g/mol. The third kappa shape index (κ3) is 7.47. The van der Waals surface area contributed by atoms with Crippen LogP contribution in [0.1, 0.15) is 31.7 Å². The van der Waals surface area contributed by atoms with Gasteiger partial charge >= 0.3 is 6.18 Å². The van der Waals surface area contributed by atoms with E-state index >= 15 is 0 Å². The molecule has 9 heteroatoms. The molecule has 1 saturated carbocycles. The van der Waals surface area contributed by atoms with Gasteiger partial charge in [0.05, 0.1) is 13.1 Å². The molecule has 2 aliphatic rings. The Hall–Kier alpha value is -0.740. The van der Waals surface area contributed by atoms with Crippen LogP contribution in [-0.4, -0.2) is 56.3 Å². The van der Waals surface area contributed by atoms with Crippen LogP contribution in [0.15, 0.2) is 29.3 Å². The van der Waals surface area contributed by atoms with E-state index in [-0.39, 0.29) is 35.3 Å². The maximum Gasteiger partial charge on any atom is 0.401 e. The van der Waals surface area contributed by atoms with Gasteiger partial charge in [-0.05, 0) is 56.3 Å². The SMILES string of the molecule is CCNC(=NCC1(c2cccc(Cl)c2)CC1)NCC1CCN(CC(F)(F)F)C1.I. The van der Waals surface area contributed by atoms with Crippen LogP contribution >= 0.6 is 35.6 Å². The molecule has 1 heterocycles. The van der Waals surface area contributed by atoms with E-state index in [9.17, 15) is 13.2 Å². The Kier molecular flexibility index (Phi) is 8.90. The Morgan fingerprint density at radius 2 is 2.07 bits per heavy atom. The van der Waals surface area contributed by atoms with Crippen LogP contribution in [0.4, 0.5) is 13.2 Å². The van der Waals surface area contributed by atoms with E-state index in [0.29, 0.717) is 26.2 Å². The Bertz CT molecular complexity index is 695. The number of nitrogens with zero attached hydrogens (tertiary/aromatic N) is 2. The van der Waals surface area contributed by atoms with Crippen molar-refractivity contribution in [2.75, 3.05) is 39.3 Å². The topological polar surface area (TPSA) is 39.7 Å². The molecular formula is C20H29ClF3IN4. The maximum absolute atomic E-state index is 12.5. The molecule has 0 amide bonds. The van der Waals surface area contributed by atoms with Gasteiger partial charge in [-0.15, -0.1) is 24.0 Å². The number of hydrogen-bond donors (Lipinski definition) is 2. The molecule has 1 aromatic rings. The summed E-state index contributed by atoms with van der Waals surface area (Å²) in [6.45, 7) is 4.19. The number of halogens is 5. The van der Waals surface area contributed by atoms with Crippen molar-refractivity contribution in [2.24, 2.45) is 10.9 Å². The first-order chi connectivity index (χ1) is 13.3. The second kappa shape index (κ2) is 10.5. The molecule has 0 aromatic heterocycles. The van der Waals surface area contributed by atoms with Crippen LogP contribution in [0.2, 0.25) is 5.02 Å². The van der Waals surface area contributed by atoms with Crippen LogP contribution in [0.25, 0.3) is 0 Å². The fourth-order valence-electron chi connectivity index (χ4n) is 3.80. The minimum atomic E-state index is -4.13. The van der Waals surface area contributed by atoms with Crippen LogP contribution < -0.4 is 10.6 Å². The van der Waals surface area contributed by atoms with Crippen molar-refractivity contribution in [3.05, 3.63) is 34.9 Å². The zero-order valence-corrected chi connectivity index (χ0v) is 19.7. The van der Waals surface area contributed by atoms with Crippen LogP contribution in [0, 0.1) is 5.92 Å². The van der Waals surface area contributed by atoms with E-state index in [1.807, 2.05) is 25.1 Å². The van der Waals surface area contributed by atoms with Crippen molar-refractivity contribution in [3.63, 3.8) is 0 Å². The molecule has 2 N–H and O–H groups in total. The van der Waals surface area contributed by atoms with Gasteiger partial charge in [0.2, 0.25) is 0 Å². The smallest absolute Gasteiger partial charge is 0.357 e. The highest BCUT2D eigenvalue weighted by atomic mass is 127. The first kappa shape index (κ1) is 24.5. The normalized spacial score (nSPS) is 21.6. The van der Waals surface area contributed by atoms with Gasteiger partial charge in [0.1, 0.15) is 0 Å². The van der Waals surface area contributed by atoms with E-state index in [1.54, 1.807) is 0 Å². The lowest BCUT2D eigenvalue weighted by molar-refractivity contribution is -0.143. The van der Waals surface area contributed by atoms with Crippen molar-refractivity contribution in [1.82, 2.24) is 15.5 Å². The molecule has 4 nitrogen and oxygen atoms in total. The molecule has 1 unspecified atom stereocenters. The van der Waals surface area contributed by atoms with Crippen molar-refractivity contribution < 1.29 is 13.2 Å². The van der Waals surface area contributed by atoms with Gasteiger partial charge in [0, 0.05) is 30.1 Å². The number of benzene rings is 1. The van der Waals surface area contributed by atoms with Crippen molar-refractivity contribution in [1.29, 1.82) is 0 Å². The van der Waals surface area contributed by atoms with Crippen molar-refractivity contribution in [2.45, 2.75) is 37.8 Å². The van der Waals surface area contributed by atoms with Gasteiger partial charge in [0.15, 0.2) is 5.96 Å². The number of rotatable bonds is 7. The van der Waals surface area contributed by atoms with Gasteiger partial charge in [0.25, 0.3) is 0 Å². The zero-order valence-electron chi connectivity index (χ0n) is 16.6. The molecule has 1 aromatic carbocycles. The van der Waals surface area contributed by atoms with Crippen LogP contribution in [0.3, 0.4) is 0 Å². The Morgan fingerprint density at radius 3 is 2.69 bits per heavy atom. The lowest BCUT2D eigenvalue weighted by Gasteiger charge is -2.19. The van der Waals surface area contributed by atoms with Gasteiger partial charge in [-0.2, -0.15) is 13.2 Å². The highest BCUT2D eigenvalue weighted by Crippen LogP contribution is 2.48. The summed E-state index contributed by atoms with van der Waals surface area (Å²) in [6.07, 6.45) is -1.18. The summed E-state index contributed by atoms with van der Waals surface area (Å²) in [5.41, 5.74) is 1.28. The fourth-order valence-corrected chi connectivity index (χ4v) is 3.99. The fraction of sp³-hybridized carbons (Fsp3) is 0.650. The van der Waals surface area contributed by atoms with E-state index in [0.717, 1.165) is 36.8 Å². The minimum absolute atomic E-state index is 0. The monoisotopic (exact) mass is 544 g/mol. The number of likely N-dealkylation sites (tertiary alicyclic amines) is 1. The highest BCUT2D eigenvalue weighted by molar-refractivity contribution is 14.0. The Balaban J connectivity index is 0.00000300. The van der Waals surface area contributed by atoms with Gasteiger partial charge in [-0.3, -0.25) is 9.89 Å². The van der Waals surface area contributed by atoms with Crippen LogP contribution in [-0.2, 0) is 5.41 Å². The largest absolute Gasteiger partial charge is 0.401 e. The predicted octanol–water partition coefficient (Wildman–Crippen LogP) is 4.43. The molecule has 1 atom stereocenters. The van der Waals surface area contributed by atoms with Crippen molar-refractivity contribution >= 4 is 41.5 Å². The summed E-state index contributed by atoms with van der Waals surface area (Å²) in [7, 11) is 0. The summed E-state index contributed by atoms with van der Waals surface area (Å²) in [4.78, 5) is 6.23. The first-order valence-electron chi connectivity index (χ1n) is 9.87. The average molecular weight is 545 g/mol. The molecule has 3 rings (SSSR count). The van der Waals surface area contributed by atoms with Gasteiger partial charge in [-0.1, -0.05) is 23.7 Å². The number of alkyl halides is 3. The molecule has 1 aliphatic carbocycles. The van der Waals surface area contributed by atoms with Crippen molar-refractivity contribution in [3.8, 4) is 0 Å². The second-order valence-corrected chi connectivity index (χ2v) is 8.31. The Morgan fingerprint density at radius 1 is 1.31 bits per heavy atom. The van der Waals surface area contributed by atoms with E-state index in [1.165, 1.54) is 10.5 Å². The van der Waals surface area contributed by atoms with E-state index < -0.39 is 12.7 Å². The molecule has 0 radical (unpaired) electrons. The Labute approximate surface area is 192 Å². The average Bonchev–Trinajstić information content (AvgIpc) is 3.30. The molecule has 0 bridgehead atoms. The predicted molar refractivity (Wildman–Crippen MR) is 122 cm³/mol. The number of hydrogen-bond acceptors (Lipinski definition) is 2. The lowest BCUT2D eigenvalue weighted by atomic mass is 9.96. The molecule has 0 spiro atoms. The third-order valence-corrected chi connectivity index (χ3v) is 5.74. The van der Waals surface area contributed by atoms with Gasteiger partial charge < -0.3 is 10.6 Å². The third-order valence-electron chi connectivity index (χ3n) is 5.51. The number of aliphatic imine (C=N–C) groups is 1. The minimum Gasteiger partial charge on any atom is -0.357 e. The number of guanidine groups is 1. The lowest BCUT2D eigenvalue weighted by Crippen LogP contribution is -2.41. The standard InChI is InChI=1S/C20H28ClF3N4.HI/c1-2-25-18(26-11-15-6-9-28(12-15)14-20(22,23)24)27-13-19(7-8-19)16-4-3-5-17(21)10-16;/h3-5,10,15H,2,6-9,11-14H2,1H3,(H2,25,26,27);1H. The summed E-state index contributed by atoms with van der Waals surface area (Å²) in [5.74, 6) is 0.930. The molecule has 2 fully saturated rings. The quantitative estimate of drug-likeness (QED) is 0.303. The second-order valence-electron chi connectivity index (χ2n) is 7.87. The summed E-state index contributed by atoms with van der Waals surface area (Å²) in [6, 6.07) is 7.96. The van der Waals surface area contributed by atoms with Gasteiger partial charge in [-0.25, -0.2) is 0 Å². The van der Waals surface area contributed by atoms with Crippen LogP contribution in [0.5, 0.6) is 0 Å². The zero-order chi connectivity index (χ0) is 20.2. The maximum atomic E-state index is 12.5. The summed E-state index contributed by atoms with van der Waals surface area (Å²) in [5, 5.41) is 7.29.